The van der Waals surface area contributed by atoms with E-state index in [-0.39, 0.29) is 16.6 Å². The number of carbonyl (C=O) groups is 1. The van der Waals surface area contributed by atoms with Crippen molar-refractivity contribution in [3.63, 3.8) is 0 Å². The molecule has 10 heteroatoms. The van der Waals surface area contributed by atoms with Crippen LogP contribution in [0.4, 0.5) is 0 Å². The van der Waals surface area contributed by atoms with E-state index >= 15 is 0 Å². The van der Waals surface area contributed by atoms with Gasteiger partial charge in [-0.2, -0.15) is 4.31 Å². The minimum absolute atomic E-state index is 0.0398. The molecule has 5 rings (SSSR count). The molecule has 0 saturated heterocycles. The Balaban J connectivity index is 1.50. The molecule has 2 heterocycles. The van der Waals surface area contributed by atoms with Crippen molar-refractivity contribution < 1.29 is 17.9 Å². The number of para-hydroxylation sites is 2. The third kappa shape index (κ3) is 5.28. The molecule has 4 aromatic rings. The van der Waals surface area contributed by atoms with E-state index in [1.165, 1.54) is 27.2 Å². The van der Waals surface area contributed by atoms with Gasteiger partial charge in [-0.25, -0.2) is 13.4 Å². The summed E-state index contributed by atoms with van der Waals surface area (Å²) in [6, 6.07) is 20.8. The summed E-state index contributed by atoms with van der Waals surface area (Å²) < 4.78 is 35.4. The van der Waals surface area contributed by atoms with Crippen molar-refractivity contribution in [2.75, 3.05) is 32.5 Å². The zero-order chi connectivity index (χ0) is 27.6. The average molecular weight is 565 g/mol. The standard InChI is InChI=1S/C29H32N4O4S2/c1-4-32(5-2)39(35,36)23-14-15-25-24(18-23)30-29(33(25)26-12-8-9-13-27(26)37-3)38-20-28(34)31-17-16-21-10-6-7-11-22(21)19-31/h6-15,18H,4-5,16-17,19-20H2,1-3H3. The predicted molar refractivity (Wildman–Crippen MR) is 154 cm³/mol. The van der Waals surface area contributed by atoms with Crippen LogP contribution in [-0.4, -0.2) is 65.6 Å². The molecule has 0 unspecified atom stereocenters. The van der Waals surface area contributed by atoms with Crippen molar-refractivity contribution in [2.24, 2.45) is 0 Å². The molecule has 0 spiro atoms. The normalized spacial score (nSPS) is 13.6. The SMILES string of the molecule is CCN(CC)S(=O)(=O)c1ccc2c(c1)nc(SCC(=O)N1CCc3ccccc3C1)n2-c1ccccc1OC. The third-order valence-corrected chi connectivity index (χ3v) is 10.0. The molecule has 8 nitrogen and oxygen atoms in total. The summed E-state index contributed by atoms with van der Waals surface area (Å²) in [6.45, 7) is 5.70. The monoisotopic (exact) mass is 564 g/mol. The Kier molecular flexibility index (Phi) is 7.97. The Labute approximate surface area is 233 Å². The summed E-state index contributed by atoms with van der Waals surface area (Å²) in [5, 5.41) is 0.595. The number of hydrogen-bond donors (Lipinski definition) is 0. The molecule has 0 saturated carbocycles. The molecule has 1 aromatic heterocycles. The van der Waals surface area contributed by atoms with Crippen LogP contribution in [0.2, 0.25) is 0 Å². The first kappa shape index (κ1) is 27.2. The van der Waals surface area contributed by atoms with Gasteiger partial charge in [-0.3, -0.25) is 9.36 Å². The first-order chi connectivity index (χ1) is 18.9. The van der Waals surface area contributed by atoms with E-state index in [4.69, 9.17) is 9.72 Å². The number of imidazole rings is 1. The largest absolute Gasteiger partial charge is 0.495 e. The van der Waals surface area contributed by atoms with Crippen LogP contribution in [0.1, 0.15) is 25.0 Å². The zero-order valence-corrected chi connectivity index (χ0v) is 24.0. The van der Waals surface area contributed by atoms with E-state index in [9.17, 15) is 13.2 Å². The molecule has 0 radical (unpaired) electrons. The summed E-state index contributed by atoms with van der Waals surface area (Å²) in [4.78, 5) is 20.2. The lowest BCUT2D eigenvalue weighted by Crippen LogP contribution is -2.37. The molecule has 0 bridgehead atoms. The molecule has 204 valence electrons. The van der Waals surface area contributed by atoms with Crippen molar-refractivity contribution in [1.29, 1.82) is 0 Å². The molecule has 1 aliphatic rings. The quantitative estimate of drug-likeness (QED) is 0.273. The molecular formula is C29H32N4O4S2. The van der Waals surface area contributed by atoms with E-state index < -0.39 is 10.0 Å². The fourth-order valence-electron chi connectivity index (χ4n) is 4.98. The first-order valence-electron chi connectivity index (χ1n) is 13.0. The van der Waals surface area contributed by atoms with Gasteiger partial charge in [0.1, 0.15) is 5.75 Å². The Morgan fingerprint density at radius 3 is 2.49 bits per heavy atom. The molecule has 39 heavy (non-hydrogen) atoms. The number of amides is 1. The lowest BCUT2D eigenvalue weighted by atomic mass is 10.00. The second-order valence-electron chi connectivity index (χ2n) is 9.26. The van der Waals surface area contributed by atoms with Gasteiger partial charge in [0.05, 0.1) is 34.5 Å². The summed E-state index contributed by atoms with van der Waals surface area (Å²) in [7, 11) is -2.04. The maximum absolute atomic E-state index is 13.3. The lowest BCUT2D eigenvalue weighted by Gasteiger charge is -2.28. The fourth-order valence-corrected chi connectivity index (χ4v) is 7.38. The number of methoxy groups -OCH3 is 1. The van der Waals surface area contributed by atoms with E-state index in [1.54, 1.807) is 25.3 Å². The van der Waals surface area contributed by atoms with Crippen molar-refractivity contribution in [3.05, 3.63) is 77.9 Å². The molecule has 1 amide bonds. The van der Waals surface area contributed by atoms with Gasteiger partial charge in [-0.15, -0.1) is 0 Å². The molecule has 3 aromatic carbocycles. The number of sulfonamides is 1. The number of ether oxygens (including phenoxy) is 1. The summed E-state index contributed by atoms with van der Waals surface area (Å²) in [5.74, 6) is 0.904. The van der Waals surface area contributed by atoms with Crippen molar-refractivity contribution >= 4 is 38.7 Å². The first-order valence-corrected chi connectivity index (χ1v) is 15.4. The topological polar surface area (TPSA) is 84.7 Å². The maximum Gasteiger partial charge on any atom is 0.243 e. The maximum atomic E-state index is 13.3. The van der Waals surface area contributed by atoms with Gasteiger partial charge >= 0.3 is 0 Å². The minimum Gasteiger partial charge on any atom is -0.495 e. The van der Waals surface area contributed by atoms with Gasteiger partial charge in [0.15, 0.2) is 5.16 Å². The zero-order valence-electron chi connectivity index (χ0n) is 22.3. The highest BCUT2D eigenvalue weighted by molar-refractivity contribution is 7.99. The van der Waals surface area contributed by atoms with Gasteiger partial charge in [0, 0.05) is 26.2 Å². The van der Waals surface area contributed by atoms with Crippen LogP contribution >= 0.6 is 11.8 Å². The van der Waals surface area contributed by atoms with Crippen LogP contribution in [0.15, 0.2) is 76.8 Å². The summed E-state index contributed by atoms with van der Waals surface area (Å²) >= 11 is 1.34. The summed E-state index contributed by atoms with van der Waals surface area (Å²) in [6.07, 6.45) is 0.843. The lowest BCUT2D eigenvalue weighted by molar-refractivity contribution is -0.129. The Hall–Kier alpha value is -3.34. The van der Waals surface area contributed by atoms with Gasteiger partial charge in [-0.1, -0.05) is 62.0 Å². The van der Waals surface area contributed by atoms with E-state index in [2.05, 4.69) is 12.1 Å². The van der Waals surface area contributed by atoms with E-state index in [1.807, 2.05) is 59.7 Å². The summed E-state index contributed by atoms with van der Waals surface area (Å²) in [5.41, 5.74) is 4.52. The Bertz CT molecular complexity index is 1610. The highest BCUT2D eigenvalue weighted by atomic mass is 32.2. The van der Waals surface area contributed by atoms with Crippen LogP contribution in [0.25, 0.3) is 16.7 Å². The van der Waals surface area contributed by atoms with Crippen LogP contribution in [0, 0.1) is 0 Å². The second kappa shape index (κ2) is 11.4. The fraction of sp³-hybridized carbons (Fsp3) is 0.310. The average Bonchev–Trinajstić information content (AvgIpc) is 3.33. The van der Waals surface area contributed by atoms with Gasteiger partial charge in [0.2, 0.25) is 15.9 Å². The van der Waals surface area contributed by atoms with Gasteiger partial charge in [-0.05, 0) is 47.9 Å². The van der Waals surface area contributed by atoms with Gasteiger partial charge in [0.25, 0.3) is 0 Å². The number of fused-ring (bicyclic) bond motifs is 2. The number of carbonyl (C=O) groups excluding carboxylic acids is 1. The van der Waals surface area contributed by atoms with Crippen molar-refractivity contribution in [1.82, 2.24) is 18.8 Å². The van der Waals surface area contributed by atoms with Crippen LogP contribution in [0.5, 0.6) is 5.75 Å². The van der Waals surface area contributed by atoms with E-state index in [0.29, 0.717) is 42.6 Å². The number of thioether (sulfide) groups is 1. The molecule has 0 aliphatic carbocycles. The minimum atomic E-state index is -3.65. The number of benzene rings is 3. The van der Waals surface area contributed by atoms with E-state index in [0.717, 1.165) is 17.6 Å². The number of rotatable bonds is 9. The Morgan fingerprint density at radius 1 is 1.03 bits per heavy atom. The highest BCUT2D eigenvalue weighted by Crippen LogP contribution is 2.34. The highest BCUT2D eigenvalue weighted by Gasteiger charge is 2.25. The number of hydrogen-bond acceptors (Lipinski definition) is 6. The number of nitrogens with zero attached hydrogens (tertiary/aromatic N) is 4. The number of aromatic nitrogens is 2. The smallest absolute Gasteiger partial charge is 0.243 e. The molecule has 0 N–H and O–H groups in total. The predicted octanol–water partition coefficient (Wildman–Crippen LogP) is 4.74. The Morgan fingerprint density at radius 2 is 1.74 bits per heavy atom. The molecule has 1 aliphatic heterocycles. The van der Waals surface area contributed by atoms with Crippen LogP contribution in [-0.2, 0) is 27.8 Å². The van der Waals surface area contributed by atoms with Crippen molar-refractivity contribution in [3.8, 4) is 11.4 Å². The molecule has 0 atom stereocenters. The van der Waals surface area contributed by atoms with Crippen molar-refractivity contribution in [2.45, 2.75) is 36.9 Å². The van der Waals surface area contributed by atoms with Crippen LogP contribution in [0.3, 0.4) is 0 Å². The second-order valence-corrected chi connectivity index (χ2v) is 12.1. The van der Waals surface area contributed by atoms with Gasteiger partial charge < -0.3 is 9.64 Å². The van der Waals surface area contributed by atoms with Crippen LogP contribution < -0.4 is 4.74 Å². The molecule has 0 fully saturated rings. The molecular weight excluding hydrogens is 532 g/mol. The third-order valence-electron chi connectivity index (χ3n) is 7.07.